The van der Waals surface area contributed by atoms with E-state index in [1.807, 2.05) is 6.92 Å². The summed E-state index contributed by atoms with van der Waals surface area (Å²) in [6.07, 6.45) is 1.96. The van der Waals surface area contributed by atoms with Gasteiger partial charge >= 0.3 is 0 Å². The summed E-state index contributed by atoms with van der Waals surface area (Å²) in [6, 6.07) is 0. The Morgan fingerprint density at radius 1 is 1.10 bits per heavy atom. The van der Waals surface area contributed by atoms with Gasteiger partial charge in [-0.3, -0.25) is 0 Å². The van der Waals surface area contributed by atoms with Crippen LogP contribution in [0.4, 0.5) is 11.8 Å². The molecule has 2 aliphatic rings. The van der Waals surface area contributed by atoms with Crippen LogP contribution in [0.25, 0.3) is 0 Å². The highest BCUT2D eigenvalue weighted by atomic mass is 16.5. The molecule has 0 amide bonds. The number of hydrogen-bond acceptors (Lipinski definition) is 6. The van der Waals surface area contributed by atoms with Crippen molar-refractivity contribution < 1.29 is 9.84 Å². The van der Waals surface area contributed by atoms with Crippen molar-refractivity contribution in [1.29, 1.82) is 0 Å². The molecule has 0 aliphatic carbocycles. The second kappa shape index (κ2) is 6.15. The van der Waals surface area contributed by atoms with E-state index in [4.69, 9.17) is 9.72 Å². The Balaban J connectivity index is 1.92. The Morgan fingerprint density at radius 3 is 2.62 bits per heavy atom. The lowest BCUT2D eigenvalue weighted by atomic mass is 10.2. The third kappa shape index (κ3) is 3.11. The van der Waals surface area contributed by atoms with Gasteiger partial charge in [0.05, 0.1) is 19.3 Å². The number of nitrogens with zero attached hydrogens (tertiary/aromatic N) is 4. The number of anilines is 2. The lowest BCUT2D eigenvalue weighted by molar-refractivity contribution is 0.0597. The number of aryl methyl sites for hydroxylation is 1. The number of β-amino-alcohol motifs (C(OH)–C–C–N with tert-alkyl or cyclic N) is 1. The molecular weight excluding hydrogens is 268 g/mol. The molecule has 0 bridgehead atoms. The minimum Gasteiger partial charge on any atom is -0.389 e. The van der Waals surface area contributed by atoms with Crippen molar-refractivity contribution in [3.63, 3.8) is 0 Å². The second-order valence-corrected chi connectivity index (χ2v) is 5.93. The van der Waals surface area contributed by atoms with Crippen LogP contribution in [0.15, 0.2) is 0 Å². The second-order valence-electron chi connectivity index (χ2n) is 5.93. The van der Waals surface area contributed by atoms with Crippen molar-refractivity contribution in [2.75, 3.05) is 49.2 Å². The van der Waals surface area contributed by atoms with Crippen LogP contribution in [-0.4, -0.2) is 60.6 Å². The Morgan fingerprint density at radius 2 is 1.86 bits per heavy atom. The number of aliphatic hydroxyl groups is 1. The van der Waals surface area contributed by atoms with Gasteiger partial charge in [0.2, 0.25) is 5.95 Å². The van der Waals surface area contributed by atoms with Gasteiger partial charge in [-0.1, -0.05) is 0 Å². The van der Waals surface area contributed by atoms with Gasteiger partial charge in [-0.05, 0) is 26.7 Å². The molecule has 3 heterocycles. The quantitative estimate of drug-likeness (QED) is 0.873. The average molecular weight is 292 g/mol. The molecule has 2 saturated heterocycles. The number of hydrogen-bond donors (Lipinski definition) is 1. The number of ether oxygens (including phenoxy) is 1. The van der Waals surface area contributed by atoms with E-state index >= 15 is 0 Å². The molecule has 0 radical (unpaired) electrons. The molecule has 21 heavy (non-hydrogen) atoms. The van der Waals surface area contributed by atoms with Gasteiger partial charge in [0.15, 0.2) is 0 Å². The topological polar surface area (TPSA) is 61.7 Å². The van der Waals surface area contributed by atoms with Crippen LogP contribution in [0, 0.1) is 13.8 Å². The first-order chi connectivity index (χ1) is 10.1. The average Bonchev–Trinajstić information content (AvgIpc) is 2.91. The molecule has 116 valence electrons. The maximum atomic E-state index is 9.94. The summed E-state index contributed by atoms with van der Waals surface area (Å²) < 4.78 is 5.41. The summed E-state index contributed by atoms with van der Waals surface area (Å²) >= 11 is 0. The van der Waals surface area contributed by atoms with E-state index in [2.05, 4.69) is 21.7 Å². The molecule has 1 atom stereocenters. The molecule has 1 aromatic heterocycles. The highest BCUT2D eigenvalue weighted by molar-refractivity contribution is 5.53. The zero-order valence-corrected chi connectivity index (χ0v) is 12.9. The van der Waals surface area contributed by atoms with Crippen LogP contribution in [0.1, 0.15) is 24.1 Å². The fraction of sp³-hybridized carbons (Fsp3) is 0.733. The normalized spacial score (nSPS) is 23.5. The molecule has 0 saturated carbocycles. The van der Waals surface area contributed by atoms with E-state index in [1.165, 1.54) is 12.8 Å². The van der Waals surface area contributed by atoms with Crippen molar-refractivity contribution >= 4 is 11.8 Å². The summed E-state index contributed by atoms with van der Waals surface area (Å²) in [6.45, 7) is 8.50. The number of rotatable bonds is 2. The SMILES string of the molecule is Cc1nc(N2CCCC2)nc(N2CCOCC(O)C2)c1C. The van der Waals surface area contributed by atoms with E-state index in [0.29, 0.717) is 19.8 Å². The Kier molecular flexibility index (Phi) is 4.26. The molecule has 1 aromatic rings. The predicted octanol–water partition coefficient (Wildman–Crippen LogP) is 0.891. The molecule has 1 N–H and O–H groups in total. The van der Waals surface area contributed by atoms with Crippen molar-refractivity contribution in [3.05, 3.63) is 11.3 Å². The first kappa shape index (κ1) is 14.5. The Hall–Kier alpha value is -1.40. The van der Waals surface area contributed by atoms with E-state index in [-0.39, 0.29) is 0 Å². The molecule has 6 nitrogen and oxygen atoms in total. The molecule has 2 aliphatic heterocycles. The van der Waals surface area contributed by atoms with Gasteiger partial charge in [0, 0.05) is 37.4 Å². The lowest BCUT2D eigenvalue weighted by Gasteiger charge is -2.26. The molecule has 3 rings (SSSR count). The van der Waals surface area contributed by atoms with E-state index in [0.717, 1.165) is 42.7 Å². The van der Waals surface area contributed by atoms with Gasteiger partial charge in [-0.2, -0.15) is 4.98 Å². The monoisotopic (exact) mass is 292 g/mol. The Labute approximate surface area is 125 Å². The smallest absolute Gasteiger partial charge is 0.227 e. The van der Waals surface area contributed by atoms with Gasteiger partial charge in [-0.15, -0.1) is 0 Å². The van der Waals surface area contributed by atoms with Crippen LogP contribution in [0.2, 0.25) is 0 Å². The van der Waals surface area contributed by atoms with Crippen LogP contribution < -0.4 is 9.80 Å². The number of aliphatic hydroxyl groups excluding tert-OH is 1. The third-order valence-corrected chi connectivity index (χ3v) is 4.29. The highest BCUT2D eigenvalue weighted by Gasteiger charge is 2.23. The summed E-state index contributed by atoms with van der Waals surface area (Å²) in [4.78, 5) is 13.8. The predicted molar refractivity (Wildman–Crippen MR) is 82.0 cm³/mol. The Bertz CT molecular complexity index is 503. The molecule has 1 unspecified atom stereocenters. The van der Waals surface area contributed by atoms with Crippen molar-refractivity contribution in [2.45, 2.75) is 32.8 Å². The van der Waals surface area contributed by atoms with Crippen LogP contribution >= 0.6 is 0 Å². The van der Waals surface area contributed by atoms with E-state index in [1.54, 1.807) is 0 Å². The molecule has 2 fully saturated rings. The third-order valence-electron chi connectivity index (χ3n) is 4.29. The van der Waals surface area contributed by atoms with Crippen molar-refractivity contribution in [2.24, 2.45) is 0 Å². The van der Waals surface area contributed by atoms with Gasteiger partial charge < -0.3 is 19.6 Å². The minimum absolute atomic E-state index is 0.401. The summed E-state index contributed by atoms with van der Waals surface area (Å²) in [7, 11) is 0. The van der Waals surface area contributed by atoms with Gasteiger partial charge in [0.1, 0.15) is 5.82 Å². The first-order valence-electron chi connectivity index (χ1n) is 7.76. The standard InChI is InChI=1S/C15H24N4O2/c1-11-12(2)16-15(18-5-3-4-6-18)17-14(11)19-7-8-21-10-13(20)9-19/h13,20H,3-10H2,1-2H3. The fourth-order valence-corrected chi connectivity index (χ4v) is 2.95. The number of aromatic nitrogens is 2. The van der Waals surface area contributed by atoms with Crippen LogP contribution in [-0.2, 0) is 4.74 Å². The van der Waals surface area contributed by atoms with Crippen molar-refractivity contribution in [1.82, 2.24) is 9.97 Å². The van der Waals surface area contributed by atoms with Crippen LogP contribution in [0.5, 0.6) is 0 Å². The van der Waals surface area contributed by atoms with E-state index in [9.17, 15) is 5.11 Å². The fourth-order valence-electron chi connectivity index (χ4n) is 2.95. The molecule has 6 heteroatoms. The largest absolute Gasteiger partial charge is 0.389 e. The summed E-state index contributed by atoms with van der Waals surface area (Å²) in [5.41, 5.74) is 2.11. The van der Waals surface area contributed by atoms with Crippen LogP contribution in [0.3, 0.4) is 0 Å². The maximum absolute atomic E-state index is 9.94. The zero-order valence-electron chi connectivity index (χ0n) is 12.9. The lowest BCUT2D eigenvalue weighted by Crippen LogP contribution is -2.34. The molecule has 0 spiro atoms. The highest BCUT2D eigenvalue weighted by Crippen LogP contribution is 2.25. The molecule has 0 aromatic carbocycles. The minimum atomic E-state index is -0.461. The zero-order chi connectivity index (χ0) is 14.8. The van der Waals surface area contributed by atoms with Gasteiger partial charge in [-0.25, -0.2) is 4.98 Å². The summed E-state index contributed by atoms with van der Waals surface area (Å²) in [5.74, 6) is 1.76. The summed E-state index contributed by atoms with van der Waals surface area (Å²) in [5, 5.41) is 9.94. The van der Waals surface area contributed by atoms with E-state index < -0.39 is 6.10 Å². The first-order valence-corrected chi connectivity index (χ1v) is 7.76. The molecular formula is C15H24N4O2. The maximum Gasteiger partial charge on any atom is 0.227 e. The van der Waals surface area contributed by atoms with Gasteiger partial charge in [0.25, 0.3) is 0 Å². The van der Waals surface area contributed by atoms with Crippen molar-refractivity contribution in [3.8, 4) is 0 Å².